The number of nitrogens with zero attached hydrogens (tertiary/aromatic N) is 1. The number of halogens is 3. The molecule has 1 unspecified atom stereocenters. The van der Waals surface area contributed by atoms with E-state index in [1.165, 1.54) is 17.0 Å². The zero-order valence-electron chi connectivity index (χ0n) is 10.8. The Morgan fingerprint density at radius 2 is 1.86 bits per heavy atom. The van der Waals surface area contributed by atoms with Crippen molar-refractivity contribution in [2.45, 2.75) is 12.8 Å². The van der Waals surface area contributed by atoms with Gasteiger partial charge in [-0.1, -0.05) is 0 Å². The normalized spacial score (nSPS) is 18.6. The maximum absolute atomic E-state index is 12.1. The third-order valence-corrected chi connectivity index (χ3v) is 3.16. The van der Waals surface area contributed by atoms with Gasteiger partial charge in [0.25, 0.3) is 5.91 Å². The Bertz CT molecular complexity index is 541. The number of carbonyl (C=O) groups is 2. The predicted molar refractivity (Wildman–Crippen MR) is 64.8 cm³/mol. The van der Waals surface area contributed by atoms with Gasteiger partial charge in [-0.05, 0) is 30.7 Å². The Morgan fingerprint density at radius 3 is 2.33 bits per heavy atom. The van der Waals surface area contributed by atoms with Crippen molar-refractivity contribution in [1.82, 2.24) is 4.90 Å². The van der Waals surface area contributed by atoms with Crippen LogP contribution in [-0.4, -0.2) is 41.3 Å². The van der Waals surface area contributed by atoms with Gasteiger partial charge in [-0.15, -0.1) is 13.2 Å². The standard InChI is InChI=1S/C13H12F3NO4/c14-13(15,16)21-10-3-1-8(2-4-10)11(18)17-6-5-9(7-17)12(19)20/h1-4,9H,5-7H2,(H,19,20). The molecule has 2 rings (SSSR count). The zero-order valence-corrected chi connectivity index (χ0v) is 10.8. The van der Waals surface area contributed by atoms with E-state index in [2.05, 4.69) is 4.74 Å². The minimum atomic E-state index is -4.78. The van der Waals surface area contributed by atoms with Gasteiger partial charge in [0.15, 0.2) is 0 Å². The van der Waals surface area contributed by atoms with Gasteiger partial charge in [-0.3, -0.25) is 9.59 Å². The Balaban J connectivity index is 2.02. The molecule has 1 aliphatic heterocycles. The van der Waals surface area contributed by atoms with E-state index in [0.717, 1.165) is 12.1 Å². The second-order valence-corrected chi connectivity index (χ2v) is 4.65. The van der Waals surface area contributed by atoms with Crippen molar-refractivity contribution in [2.24, 2.45) is 5.92 Å². The van der Waals surface area contributed by atoms with Crippen molar-refractivity contribution in [3.05, 3.63) is 29.8 Å². The molecule has 1 N–H and O–H groups in total. The number of alkyl halides is 3. The van der Waals surface area contributed by atoms with Gasteiger partial charge in [-0.25, -0.2) is 0 Å². The quantitative estimate of drug-likeness (QED) is 0.929. The number of likely N-dealkylation sites (tertiary alicyclic amines) is 1. The summed E-state index contributed by atoms with van der Waals surface area (Å²) in [5.41, 5.74) is 0.190. The number of ether oxygens (including phenoxy) is 1. The summed E-state index contributed by atoms with van der Waals surface area (Å²) in [5, 5.41) is 8.87. The van der Waals surface area contributed by atoms with Crippen LogP contribution in [0.15, 0.2) is 24.3 Å². The first-order valence-corrected chi connectivity index (χ1v) is 6.14. The van der Waals surface area contributed by atoms with Crippen molar-refractivity contribution >= 4 is 11.9 Å². The van der Waals surface area contributed by atoms with Crippen LogP contribution in [0.1, 0.15) is 16.8 Å². The van der Waals surface area contributed by atoms with Crippen molar-refractivity contribution < 1.29 is 32.6 Å². The highest BCUT2D eigenvalue weighted by molar-refractivity contribution is 5.94. The molecular formula is C13H12F3NO4. The maximum atomic E-state index is 12.1. The molecule has 1 aliphatic rings. The fraction of sp³-hybridized carbons (Fsp3) is 0.385. The van der Waals surface area contributed by atoms with Crippen LogP contribution in [0.5, 0.6) is 5.75 Å². The first-order chi connectivity index (χ1) is 9.76. The van der Waals surface area contributed by atoms with E-state index < -0.39 is 29.9 Å². The molecule has 114 valence electrons. The van der Waals surface area contributed by atoms with Gasteiger partial charge in [0.1, 0.15) is 5.75 Å². The lowest BCUT2D eigenvalue weighted by molar-refractivity contribution is -0.274. The first-order valence-electron chi connectivity index (χ1n) is 6.14. The van der Waals surface area contributed by atoms with Crippen LogP contribution < -0.4 is 4.74 Å². The third kappa shape index (κ3) is 3.87. The summed E-state index contributed by atoms with van der Waals surface area (Å²) in [5.74, 6) is -2.37. The topological polar surface area (TPSA) is 66.8 Å². The molecule has 1 aromatic carbocycles. The highest BCUT2D eigenvalue weighted by Gasteiger charge is 2.32. The lowest BCUT2D eigenvalue weighted by Gasteiger charge is -2.16. The number of aliphatic carboxylic acids is 1. The lowest BCUT2D eigenvalue weighted by Crippen LogP contribution is -2.29. The molecule has 0 aliphatic carbocycles. The van der Waals surface area contributed by atoms with Crippen molar-refractivity contribution in [3.8, 4) is 5.75 Å². The van der Waals surface area contributed by atoms with E-state index in [1.54, 1.807) is 0 Å². The van der Waals surface area contributed by atoms with Crippen molar-refractivity contribution in [1.29, 1.82) is 0 Å². The maximum Gasteiger partial charge on any atom is 0.573 e. The van der Waals surface area contributed by atoms with Gasteiger partial charge < -0.3 is 14.7 Å². The van der Waals surface area contributed by atoms with E-state index >= 15 is 0 Å². The smallest absolute Gasteiger partial charge is 0.481 e. The fourth-order valence-electron chi connectivity index (χ4n) is 2.13. The Kier molecular flexibility index (Phi) is 4.06. The molecule has 0 saturated carbocycles. The zero-order chi connectivity index (χ0) is 15.6. The molecule has 0 spiro atoms. The first kappa shape index (κ1) is 15.1. The molecule has 1 saturated heterocycles. The molecule has 0 aromatic heterocycles. The monoisotopic (exact) mass is 303 g/mol. The molecular weight excluding hydrogens is 291 g/mol. The van der Waals surface area contributed by atoms with E-state index in [1.807, 2.05) is 0 Å². The minimum Gasteiger partial charge on any atom is -0.481 e. The molecule has 21 heavy (non-hydrogen) atoms. The van der Waals surface area contributed by atoms with Gasteiger partial charge in [0, 0.05) is 18.7 Å². The Labute approximate surface area is 117 Å². The van der Waals surface area contributed by atoms with Crippen LogP contribution in [-0.2, 0) is 4.79 Å². The molecule has 1 fully saturated rings. The number of rotatable bonds is 3. The summed E-state index contributed by atoms with van der Waals surface area (Å²) >= 11 is 0. The van der Waals surface area contributed by atoms with Crippen LogP contribution in [0.3, 0.4) is 0 Å². The summed E-state index contributed by atoms with van der Waals surface area (Å²) in [6.45, 7) is 0.422. The summed E-state index contributed by atoms with van der Waals surface area (Å²) in [6.07, 6.45) is -4.41. The second-order valence-electron chi connectivity index (χ2n) is 4.65. The number of hydrogen-bond donors (Lipinski definition) is 1. The summed E-state index contributed by atoms with van der Waals surface area (Å²) < 4.78 is 39.7. The van der Waals surface area contributed by atoms with E-state index in [-0.39, 0.29) is 12.1 Å². The molecule has 1 aromatic rings. The van der Waals surface area contributed by atoms with Gasteiger partial charge in [0.05, 0.1) is 5.92 Å². The molecule has 0 bridgehead atoms. The van der Waals surface area contributed by atoms with E-state index in [0.29, 0.717) is 13.0 Å². The molecule has 1 atom stereocenters. The minimum absolute atomic E-state index is 0.106. The Morgan fingerprint density at radius 1 is 1.24 bits per heavy atom. The van der Waals surface area contributed by atoms with Crippen molar-refractivity contribution in [3.63, 3.8) is 0 Å². The fourth-order valence-corrected chi connectivity index (χ4v) is 2.13. The van der Waals surface area contributed by atoms with E-state index in [4.69, 9.17) is 5.11 Å². The number of amides is 1. The van der Waals surface area contributed by atoms with Crippen LogP contribution in [0.25, 0.3) is 0 Å². The van der Waals surface area contributed by atoms with Crippen molar-refractivity contribution in [2.75, 3.05) is 13.1 Å². The number of carboxylic acids is 1. The Hall–Kier alpha value is -2.25. The van der Waals surface area contributed by atoms with Gasteiger partial charge in [0.2, 0.25) is 0 Å². The molecule has 5 nitrogen and oxygen atoms in total. The second kappa shape index (κ2) is 5.63. The number of carbonyl (C=O) groups excluding carboxylic acids is 1. The van der Waals surface area contributed by atoms with Crippen LogP contribution in [0.4, 0.5) is 13.2 Å². The molecule has 8 heteroatoms. The van der Waals surface area contributed by atoms with Crippen LogP contribution in [0, 0.1) is 5.92 Å². The molecule has 1 amide bonds. The van der Waals surface area contributed by atoms with Crippen LogP contribution in [0.2, 0.25) is 0 Å². The lowest BCUT2D eigenvalue weighted by atomic mass is 10.1. The largest absolute Gasteiger partial charge is 0.573 e. The average molecular weight is 303 g/mol. The highest BCUT2D eigenvalue weighted by atomic mass is 19.4. The molecule has 1 heterocycles. The van der Waals surface area contributed by atoms with E-state index in [9.17, 15) is 22.8 Å². The number of hydrogen-bond acceptors (Lipinski definition) is 3. The highest BCUT2D eigenvalue weighted by Crippen LogP contribution is 2.24. The number of benzene rings is 1. The molecule has 0 radical (unpaired) electrons. The summed E-state index contributed by atoms with van der Waals surface area (Å²) in [6, 6.07) is 4.53. The number of carboxylic acid groups (broad SMARTS) is 1. The van der Waals surface area contributed by atoms with Crippen LogP contribution >= 0.6 is 0 Å². The SMILES string of the molecule is O=C(O)C1CCN(C(=O)c2ccc(OC(F)(F)F)cc2)C1. The summed E-state index contributed by atoms with van der Waals surface area (Å²) in [4.78, 5) is 24.3. The van der Waals surface area contributed by atoms with Gasteiger partial charge >= 0.3 is 12.3 Å². The average Bonchev–Trinajstić information content (AvgIpc) is 2.86. The summed E-state index contributed by atoms with van der Waals surface area (Å²) in [7, 11) is 0. The van der Waals surface area contributed by atoms with Gasteiger partial charge in [-0.2, -0.15) is 0 Å². The predicted octanol–water partition coefficient (Wildman–Crippen LogP) is 2.13. The third-order valence-electron chi connectivity index (χ3n) is 3.16.